The smallest absolute Gasteiger partial charge is 0.316 e. The van der Waals surface area contributed by atoms with Crippen molar-refractivity contribution >= 4 is 23.2 Å². The summed E-state index contributed by atoms with van der Waals surface area (Å²) in [6.07, 6.45) is 6.33. The molecular formula is C18H21N3O4S. The molecule has 1 aliphatic rings. The Hall–Kier alpha value is -2.32. The number of pyridine rings is 1. The van der Waals surface area contributed by atoms with Crippen molar-refractivity contribution in [1.29, 1.82) is 0 Å². The maximum absolute atomic E-state index is 12.5. The van der Waals surface area contributed by atoms with Crippen molar-refractivity contribution in [3.63, 3.8) is 0 Å². The molecule has 1 unspecified atom stereocenters. The van der Waals surface area contributed by atoms with E-state index in [4.69, 9.17) is 9.47 Å². The van der Waals surface area contributed by atoms with Crippen LogP contribution in [0.15, 0.2) is 30.7 Å². The first-order valence-corrected chi connectivity index (χ1v) is 9.36. The highest BCUT2D eigenvalue weighted by atomic mass is 32.1. The van der Waals surface area contributed by atoms with Crippen LogP contribution in [0, 0.1) is 5.41 Å². The van der Waals surface area contributed by atoms with E-state index >= 15 is 0 Å². The third kappa shape index (κ3) is 4.08. The van der Waals surface area contributed by atoms with Crippen molar-refractivity contribution in [2.24, 2.45) is 5.41 Å². The van der Waals surface area contributed by atoms with Crippen LogP contribution in [0.25, 0.3) is 10.6 Å². The quantitative estimate of drug-likeness (QED) is 0.779. The van der Waals surface area contributed by atoms with Gasteiger partial charge in [0.15, 0.2) is 0 Å². The molecule has 3 rings (SSSR count). The summed E-state index contributed by atoms with van der Waals surface area (Å²) in [5.41, 5.74) is 0.0427. The summed E-state index contributed by atoms with van der Waals surface area (Å²) in [5, 5.41) is 3.57. The zero-order chi connectivity index (χ0) is 18.4. The van der Waals surface area contributed by atoms with E-state index in [0.717, 1.165) is 17.0 Å². The highest BCUT2D eigenvalue weighted by Crippen LogP contribution is 2.30. The van der Waals surface area contributed by atoms with Crippen LogP contribution in [0.2, 0.25) is 0 Å². The lowest BCUT2D eigenvalue weighted by atomic mass is 9.82. The van der Waals surface area contributed by atoms with Crippen molar-refractivity contribution in [3.8, 4) is 10.6 Å². The number of nitrogens with one attached hydrogen (secondary N) is 1. The Labute approximate surface area is 155 Å². The Balaban J connectivity index is 1.67. The normalized spacial score (nSPS) is 19.7. The fourth-order valence-electron chi connectivity index (χ4n) is 2.85. The highest BCUT2D eigenvalue weighted by Gasteiger charge is 2.42. The second kappa shape index (κ2) is 8.37. The van der Waals surface area contributed by atoms with Crippen molar-refractivity contribution in [2.45, 2.75) is 19.8 Å². The van der Waals surface area contributed by atoms with E-state index in [1.54, 1.807) is 19.3 Å². The molecule has 0 aliphatic carbocycles. The summed E-state index contributed by atoms with van der Waals surface area (Å²) in [6, 6.07) is 3.71. The summed E-state index contributed by atoms with van der Waals surface area (Å²) in [5.74, 6) is -0.577. The third-order valence-corrected chi connectivity index (χ3v) is 5.30. The number of rotatable bonds is 6. The molecule has 1 saturated heterocycles. The summed E-state index contributed by atoms with van der Waals surface area (Å²) in [6.45, 7) is 3.14. The van der Waals surface area contributed by atoms with Crippen LogP contribution >= 0.6 is 11.3 Å². The zero-order valence-corrected chi connectivity index (χ0v) is 15.4. The lowest BCUT2D eigenvalue weighted by Crippen LogP contribution is -2.49. The predicted molar refractivity (Wildman–Crippen MR) is 96.8 cm³/mol. The minimum absolute atomic E-state index is 0.185. The Bertz CT molecular complexity index is 757. The average molecular weight is 375 g/mol. The van der Waals surface area contributed by atoms with Crippen LogP contribution in [0.4, 0.5) is 0 Å². The second-order valence-electron chi connectivity index (χ2n) is 6.11. The number of hydrogen-bond donors (Lipinski definition) is 1. The second-order valence-corrected chi connectivity index (χ2v) is 7.14. The van der Waals surface area contributed by atoms with E-state index in [2.05, 4.69) is 15.3 Å². The number of nitrogens with zero attached hydrogens (tertiary/aromatic N) is 2. The van der Waals surface area contributed by atoms with Crippen LogP contribution in [-0.4, -0.2) is 48.2 Å². The van der Waals surface area contributed by atoms with Crippen LogP contribution in [0.5, 0.6) is 0 Å². The number of esters is 1. The molecule has 138 valence electrons. The van der Waals surface area contributed by atoms with E-state index in [0.29, 0.717) is 24.5 Å². The maximum atomic E-state index is 12.5. The molecule has 0 saturated carbocycles. The van der Waals surface area contributed by atoms with Gasteiger partial charge in [-0.15, -0.1) is 11.3 Å². The number of ether oxygens (including phenoxy) is 2. The lowest BCUT2D eigenvalue weighted by molar-refractivity contribution is -0.163. The first-order chi connectivity index (χ1) is 12.6. The van der Waals surface area contributed by atoms with Crippen molar-refractivity contribution < 1.29 is 19.1 Å². The van der Waals surface area contributed by atoms with Gasteiger partial charge in [-0.25, -0.2) is 4.98 Å². The maximum Gasteiger partial charge on any atom is 0.316 e. The van der Waals surface area contributed by atoms with Gasteiger partial charge in [-0.2, -0.15) is 0 Å². The summed E-state index contributed by atoms with van der Waals surface area (Å²) in [4.78, 5) is 33.7. The fourth-order valence-corrected chi connectivity index (χ4v) is 3.67. The number of aromatic nitrogens is 2. The van der Waals surface area contributed by atoms with Gasteiger partial charge in [0.05, 0.1) is 19.4 Å². The van der Waals surface area contributed by atoms with Crippen LogP contribution in [-0.2, 0) is 14.3 Å². The Kier molecular flexibility index (Phi) is 5.95. The van der Waals surface area contributed by atoms with E-state index in [1.165, 1.54) is 17.5 Å². The number of amides is 1. The molecular weight excluding hydrogens is 354 g/mol. The molecule has 0 aromatic carbocycles. The van der Waals surface area contributed by atoms with Gasteiger partial charge < -0.3 is 14.8 Å². The molecule has 1 amide bonds. The van der Waals surface area contributed by atoms with Gasteiger partial charge in [-0.1, -0.05) is 0 Å². The van der Waals surface area contributed by atoms with E-state index in [1.807, 2.05) is 12.1 Å². The number of carbonyl (C=O) groups excluding carboxylic acids is 2. The number of carbonyl (C=O) groups is 2. The van der Waals surface area contributed by atoms with Gasteiger partial charge in [0, 0.05) is 31.1 Å². The van der Waals surface area contributed by atoms with Gasteiger partial charge >= 0.3 is 5.97 Å². The van der Waals surface area contributed by atoms with Crippen LogP contribution in [0.3, 0.4) is 0 Å². The van der Waals surface area contributed by atoms with Gasteiger partial charge in [0.25, 0.3) is 5.91 Å². The predicted octanol–water partition coefficient (Wildman–Crippen LogP) is 2.29. The molecule has 0 bridgehead atoms. The molecule has 2 aromatic rings. The van der Waals surface area contributed by atoms with E-state index in [-0.39, 0.29) is 25.0 Å². The van der Waals surface area contributed by atoms with Gasteiger partial charge in [-0.3, -0.25) is 14.6 Å². The molecule has 0 radical (unpaired) electrons. The first-order valence-electron chi connectivity index (χ1n) is 8.54. The molecule has 26 heavy (non-hydrogen) atoms. The molecule has 1 fully saturated rings. The molecule has 1 atom stereocenters. The molecule has 3 heterocycles. The summed E-state index contributed by atoms with van der Waals surface area (Å²) >= 11 is 1.29. The number of hydrogen-bond acceptors (Lipinski definition) is 7. The topological polar surface area (TPSA) is 90.4 Å². The van der Waals surface area contributed by atoms with Crippen molar-refractivity contribution in [3.05, 3.63) is 35.6 Å². The molecule has 2 aromatic heterocycles. The highest BCUT2D eigenvalue weighted by molar-refractivity contribution is 7.16. The molecule has 8 heteroatoms. The monoisotopic (exact) mass is 375 g/mol. The van der Waals surface area contributed by atoms with Gasteiger partial charge in [0.2, 0.25) is 0 Å². The molecule has 0 spiro atoms. The fraction of sp³-hybridized carbons (Fsp3) is 0.444. The standard InChI is InChI=1S/C18H21N3O4S/c1-2-25-17(23)18(6-4-8-24-12-18)11-21-15(22)14-10-20-16(26-14)13-5-3-7-19-9-13/h3,5,7,9-10H,2,4,6,8,11-12H2,1H3,(H,21,22). The van der Waals surface area contributed by atoms with Crippen LogP contribution in [0.1, 0.15) is 29.4 Å². The summed E-state index contributed by atoms with van der Waals surface area (Å²) in [7, 11) is 0. The molecule has 1 N–H and O–H groups in total. The van der Waals surface area contributed by atoms with E-state index in [9.17, 15) is 9.59 Å². The largest absolute Gasteiger partial charge is 0.465 e. The van der Waals surface area contributed by atoms with E-state index < -0.39 is 5.41 Å². The Morgan fingerprint density at radius 2 is 2.31 bits per heavy atom. The first kappa shape index (κ1) is 18.5. The Morgan fingerprint density at radius 3 is 3.00 bits per heavy atom. The molecule has 1 aliphatic heterocycles. The van der Waals surface area contributed by atoms with Crippen molar-refractivity contribution in [1.82, 2.24) is 15.3 Å². The number of thiazole rings is 1. The van der Waals surface area contributed by atoms with Crippen molar-refractivity contribution in [2.75, 3.05) is 26.4 Å². The minimum atomic E-state index is -0.819. The van der Waals surface area contributed by atoms with Crippen LogP contribution < -0.4 is 5.32 Å². The van der Waals surface area contributed by atoms with Gasteiger partial charge in [0.1, 0.15) is 15.3 Å². The summed E-state index contributed by atoms with van der Waals surface area (Å²) < 4.78 is 10.7. The SMILES string of the molecule is CCOC(=O)C1(CNC(=O)c2cnc(-c3cccnc3)s2)CCCOC1. The zero-order valence-electron chi connectivity index (χ0n) is 14.6. The van der Waals surface area contributed by atoms with Gasteiger partial charge in [-0.05, 0) is 31.9 Å². The average Bonchev–Trinajstić information content (AvgIpc) is 3.18. The minimum Gasteiger partial charge on any atom is -0.465 e. The Morgan fingerprint density at radius 1 is 1.42 bits per heavy atom. The molecule has 7 nitrogen and oxygen atoms in total. The lowest BCUT2D eigenvalue weighted by Gasteiger charge is -2.34. The third-order valence-electron chi connectivity index (χ3n) is 4.26.